The van der Waals surface area contributed by atoms with E-state index in [0.717, 1.165) is 18.4 Å². The number of benzene rings is 1. The van der Waals surface area contributed by atoms with Gasteiger partial charge in [-0.15, -0.1) is 0 Å². The van der Waals surface area contributed by atoms with Gasteiger partial charge in [-0.25, -0.2) is 9.97 Å². The Morgan fingerprint density at radius 1 is 1.09 bits per heavy atom. The number of carbonyl (C=O) groups excluding carboxylic acids is 1. The summed E-state index contributed by atoms with van der Waals surface area (Å²) < 4.78 is 0. The van der Waals surface area contributed by atoms with Crippen LogP contribution in [0.15, 0.2) is 42.7 Å². The fourth-order valence-corrected chi connectivity index (χ4v) is 4.08. The van der Waals surface area contributed by atoms with E-state index in [0.29, 0.717) is 23.3 Å². The summed E-state index contributed by atoms with van der Waals surface area (Å²) in [5.74, 6) is 1.57. The molecule has 0 spiro atoms. The Kier molecular flexibility index (Phi) is 3.58. The number of nitrogens with one attached hydrogen (secondary N) is 1. The highest BCUT2D eigenvalue weighted by Gasteiger charge is 2.49. The first-order valence-corrected chi connectivity index (χ1v) is 8.16. The molecule has 4 unspecified atom stereocenters. The van der Waals surface area contributed by atoms with Crippen LogP contribution in [0.25, 0.3) is 11.4 Å². The van der Waals surface area contributed by atoms with Crippen molar-refractivity contribution in [3.05, 3.63) is 42.7 Å². The Hall–Kier alpha value is -2.27. The van der Waals surface area contributed by atoms with E-state index in [1.165, 1.54) is 6.42 Å². The Balaban J connectivity index is 1.46. The number of aromatic nitrogens is 2. The summed E-state index contributed by atoms with van der Waals surface area (Å²) in [4.78, 5) is 21.2. The van der Waals surface area contributed by atoms with Crippen molar-refractivity contribution in [3.8, 4) is 11.4 Å². The Morgan fingerprint density at radius 2 is 1.78 bits per heavy atom. The number of carbonyl (C=O) groups is 1. The summed E-state index contributed by atoms with van der Waals surface area (Å²) in [6.07, 6.45) is 6.71. The first-order chi connectivity index (χ1) is 11.2. The van der Waals surface area contributed by atoms with E-state index < -0.39 is 0 Å². The van der Waals surface area contributed by atoms with Crippen molar-refractivity contribution < 1.29 is 4.79 Å². The summed E-state index contributed by atoms with van der Waals surface area (Å²) in [6.45, 7) is 0. The molecule has 2 bridgehead atoms. The van der Waals surface area contributed by atoms with Gasteiger partial charge in [0.2, 0.25) is 5.91 Å². The zero-order valence-corrected chi connectivity index (χ0v) is 12.9. The van der Waals surface area contributed by atoms with Crippen LogP contribution in [0.3, 0.4) is 0 Å². The molecule has 2 fully saturated rings. The van der Waals surface area contributed by atoms with E-state index in [1.807, 2.05) is 30.3 Å². The van der Waals surface area contributed by atoms with E-state index in [4.69, 9.17) is 5.73 Å². The lowest BCUT2D eigenvalue weighted by molar-refractivity contribution is -0.121. The maximum Gasteiger partial charge on any atom is 0.229 e. The lowest BCUT2D eigenvalue weighted by Crippen LogP contribution is -2.42. The van der Waals surface area contributed by atoms with Gasteiger partial charge in [0.05, 0.1) is 24.0 Å². The molecule has 0 radical (unpaired) electrons. The summed E-state index contributed by atoms with van der Waals surface area (Å²) >= 11 is 0. The van der Waals surface area contributed by atoms with Crippen molar-refractivity contribution in [2.24, 2.45) is 23.5 Å². The minimum absolute atomic E-state index is 0.00161. The van der Waals surface area contributed by atoms with Gasteiger partial charge in [-0.05, 0) is 31.1 Å². The smallest absolute Gasteiger partial charge is 0.229 e. The molecule has 1 aromatic carbocycles. The minimum Gasteiger partial charge on any atom is -0.327 e. The second-order valence-electron chi connectivity index (χ2n) is 6.59. The topological polar surface area (TPSA) is 80.9 Å². The highest BCUT2D eigenvalue weighted by atomic mass is 16.2. The molecular formula is C18H20N4O. The van der Waals surface area contributed by atoms with Crippen LogP contribution in [0.1, 0.15) is 19.3 Å². The molecule has 2 saturated carbocycles. The van der Waals surface area contributed by atoms with Crippen molar-refractivity contribution >= 4 is 11.6 Å². The second-order valence-corrected chi connectivity index (χ2v) is 6.59. The van der Waals surface area contributed by atoms with Crippen LogP contribution < -0.4 is 11.1 Å². The number of hydrogen-bond acceptors (Lipinski definition) is 4. The van der Waals surface area contributed by atoms with Gasteiger partial charge < -0.3 is 11.1 Å². The number of amides is 1. The number of hydrogen-bond donors (Lipinski definition) is 2. The maximum atomic E-state index is 12.5. The van der Waals surface area contributed by atoms with Crippen molar-refractivity contribution in [2.75, 3.05) is 5.32 Å². The zero-order chi connectivity index (χ0) is 15.8. The Bertz CT molecular complexity index is 699. The highest BCUT2D eigenvalue weighted by molar-refractivity contribution is 5.93. The fourth-order valence-electron chi connectivity index (χ4n) is 4.08. The molecule has 4 atom stereocenters. The molecule has 5 nitrogen and oxygen atoms in total. The largest absolute Gasteiger partial charge is 0.327 e. The molecule has 3 N–H and O–H groups in total. The van der Waals surface area contributed by atoms with E-state index >= 15 is 0 Å². The summed E-state index contributed by atoms with van der Waals surface area (Å²) in [5, 5.41) is 2.93. The van der Waals surface area contributed by atoms with Gasteiger partial charge >= 0.3 is 0 Å². The SMILES string of the molecule is NC1C2CCC(C2)C1C(=O)Nc1cnc(-c2ccccc2)nc1. The highest BCUT2D eigenvalue weighted by Crippen LogP contribution is 2.47. The number of fused-ring (bicyclic) bond motifs is 2. The molecule has 5 heteroatoms. The van der Waals surface area contributed by atoms with Crippen molar-refractivity contribution in [1.29, 1.82) is 0 Å². The summed E-state index contributed by atoms with van der Waals surface area (Å²) in [7, 11) is 0. The van der Waals surface area contributed by atoms with Crippen molar-refractivity contribution in [2.45, 2.75) is 25.3 Å². The predicted molar refractivity (Wildman–Crippen MR) is 88.4 cm³/mol. The number of nitrogens with zero attached hydrogens (tertiary/aromatic N) is 2. The monoisotopic (exact) mass is 308 g/mol. The quantitative estimate of drug-likeness (QED) is 0.912. The average Bonchev–Trinajstić information content (AvgIpc) is 3.17. The minimum atomic E-state index is -0.0671. The molecule has 2 aromatic rings. The van der Waals surface area contributed by atoms with Crippen LogP contribution in [-0.2, 0) is 4.79 Å². The van der Waals surface area contributed by atoms with Gasteiger partial charge in [-0.1, -0.05) is 30.3 Å². The average molecular weight is 308 g/mol. The van der Waals surface area contributed by atoms with Crippen LogP contribution in [0.5, 0.6) is 0 Å². The third kappa shape index (κ3) is 2.61. The molecule has 1 amide bonds. The number of anilines is 1. The molecule has 2 aliphatic carbocycles. The molecule has 23 heavy (non-hydrogen) atoms. The van der Waals surface area contributed by atoms with Crippen LogP contribution in [-0.4, -0.2) is 21.9 Å². The van der Waals surface area contributed by atoms with Gasteiger partial charge in [0.25, 0.3) is 0 Å². The summed E-state index contributed by atoms with van der Waals surface area (Å²) in [6, 6.07) is 9.77. The second kappa shape index (κ2) is 5.74. The lowest BCUT2D eigenvalue weighted by atomic mass is 9.84. The van der Waals surface area contributed by atoms with Crippen LogP contribution in [0.2, 0.25) is 0 Å². The van der Waals surface area contributed by atoms with Crippen LogP contribution >= 0.6 is 0 Å². The van der Waals surface area contributed by atoms with Crippen LogP contribution in [0, 0.1) is 17.8 Å². The lowest BCUT2D eigenvalue weighted by Gasteiger charge is -2.26. The van der Waals surface area contributed by atoms with Gasteiger partial charge in [0, 0.05) is 11.6 Å². The zero-order valence-electron chi connectivity index (χ0n) is 12.9. The Labute approximate surface area is 135 Å². The molecule has 0 saturated heterocycles. The molecule has 4 rings (SSSR count). The predicted octanol–water partition coefficient (Wildman–Crippen LogP) is 2.46. The standard InChI is InChI=1S/C18H20N4O/c19-16-13-7-6-12(8-13)15(16)18(23)22-14-9-20-17(21-10-14)11-4-2-1-3-5-11/h1-5,9-10,12-13,15-16H,6-8,19H2,(H,22,23). The molecule has 1 heterocycles. The van der Waals surface area contributed by atoms with Crippen molar-refractivity contribution in [3.63, 3.8) is 0 Å². The summed E-state index contributed by atoms with van der Waals surface area (Å²) in [5.41, 5.74) is 7.81. The number of rotatable bonds is 3. The molecular weight excluding hydrogens is 288 g/mol. The molecule has 2 aliphatic rings. The normalized spacial score (nSPS) is 28.7. The fraction of sp³-hybridized carbons (Fsp3) is 0.389. The van der Waals surface area contributed by atoms with Gasteiger partial charge in [0.15, 0.2) is 5.82 Å². The number of nitrogens with two attached hydrogens (primary N) is 1. The van der Waals surface area contributed by atoms with Crippen molar-refractivity contribution in [1.82, 2.24) is 9.97 Å². The van der Waals surface area contributed by atoms with E-state index in [9.17, 15) is 4.79 Å². The van der Waals surface area contributed by atoms with E-state index in [2.05, 4.69) is 15.3 Å². The first-order valence-electron chi connectivity index (χ1n) is 8.16. The van der Waals surface area contributed by atoms with E-state index in [1.54, 1.807) is 12.4 Å². The van der Waals surface area contributed by atoms with Gasteiger partial charge in [-0.3, -0.25) is 4.79 Å². The van der Waals surface area contributed by atoms with Gasteiger partial charge in [-0.2, -0.15) is 0 Å². The van der Waals surface area contributed by atoms with Crippen LogP contribution in [0.4, 0.5) is 5.69 Å². The third-order valence-corrected chi connectivity index (χ3v) is 5.23. The maximum absolute atomic E-state index is 12.5. The van der Waals surface area contributed by atoms with Gasteiger partial charge in [0.1, 0.15) is 0 Å². The molecule has 0 aliphatic heterocycles. The Morgan fingerprint density at radius 3 is 2.43 bits per heavy atom. The van der Waals surface area contributed by atoms with E-state index in [-0.39, 0.29) is 17.9 Å². The molecule has 118 valence electrons. The first kappa shape index (κ1) is 14.3. The molecule has 1 aromatic heterocycles. The third-order valence-electron chi connectivity index (χ3n) is 5.23.